The van der Waals surface area contributed by atoms with E-state index < -0.39 is 11.9 Å². The molecule has 0 unspecified atom stereocenters. The average Bonchev–Trinajstić information content (AvgIpc) is 2.95. The topological polar surface area (TPSA) is 115 Å². The van der Waals surface area contributed by atoms with Gasteiger partial charge in [-0.1, -0.05) is 5.10 Å². The van der Waals surface area contributed by atoms with Crippen LogP contribution < -0.4 is 10.1 Å². The third kappa shape index (κ3) is 4.17. The molecule has 0 bridgehead atoms. The van der Waals surface area contributed by atoms with Gasteiger partial charge in [-0.15, -0.1) is 5.10 Å². The lowest BCUT2D eigenvalue weighted by Gasteiger charge is -2.02. The molecule has 0 saturated heterocycles. The second kappa shape index (κ2) is 7.02. The van der Waals surface area contributed by atoms with Crippen LogP contribution in [-0.4, -0.2) is 33.8 Å². The van der Waals surface area contributed by atoms with E-state index in [9.17, 15) is 9.59 Å². The van der Waals surface area contributed by atoms with E-state index in [-0.39, 0.29) is 11.9 Å². The maximum absolute atomic E-state index is 11.4. The highest BCUT2D eigenvalue weighted by Gasteiger charge is 2.10. The van der Waals surface area contributed by atoms with E-state index in [4.69, 9.17) is 14.3 Å². The normalized spacial score (nSPS) is 10.6. The first-order chi connectivity index (χ1) is 10.6. The molecule has 0 aliphatic rings. The Morgan fingerprint density at radius 2 is 2.00 bits per heavy atom. The minimum absolute atomic E-state index is 0.121. The van der Waals surface area contributed by atoms with Gasteiger partial charge in [0, 0.05) is 17.7 Å². The minimum atomic E-state index is -1.23. The van der Waals surface area contributed by atoms with Crippen molar-refractivity contribution in [3.63, 3.8) is 0 Å². The minimum Gasteiger partial charge on any atom is -0.494 e. The van der Waals surface area contributed by atoms with Crippen molar-refractivity contribution in [1.82, 2.24) is 10.2 Å². The van der Waals surface area contributed by atoms with Crippen molar-refractivity contribution in [1.29, 1.82) is 0 Å². The zero-order valence-electron chi connectivity index (χ0n) is 11.6. The Hall–Kier alpha value is -3.16. The van der Waals surface area contributed by atoms with Crippen molar-refractivity contribution in [3.05, 3.63) is 36.4 Å². The molecule has 0 aliphatic carbocycles. The van der Waals surface area contributed by atoms with E-state index in [1.807, 2.05) is 6.92 Å². The number of carboxylic acids is 1. The maximum atomic E-state index is 11.4. The number of carboxylic acid groups (broad SMARTS) is 1. The number of hydrogen-bond donors (Lipinski definition) is 2. The fraction of sp³-hybridized carbons (Fsp3) is 0.143. The highest BCUT2D eigenvalue weighted by Crippen LogP contribution is 2.22. The van der Waals surface area contributed by atoms with Crippen molar-refractivity contribution in [2.75, 3.05) is 11.9 Å². The van der Waals surface area contributed by atoms with Gasteiger partial charge < -0.3 is 14.3 Å². The lowest BCUT2D eigenvalue weighted by Crippen LogP contribution is -2.08. The number of aliphatic carboxylic acids is 1. The molecule has 0 radical (unpaired) electrons. The second-order valence-corrected chi connectivity index (χ2v) is 4.03. The Morgan fingerprint density at radius 1 is 1.27 bits per heavy atom. The first-order valence-corrected chi connectivity index (χ1v) is 6.37. The van der Waals surface area contributed by atoms with Crippen LogP contribution in [-0.2, 0) is 9.59 Å². The number of hydrogen-bond acceptors (Lipinski definition) is 6. The van der Waals surface area contributed by atoms with Crippen molar-refractivity contribution in [2.45, 2.75) is 6.92 Å². The molecule has 1 aromatic carbocycles. The summed E-state index contributed by atoms with van der Waals surface area (Å²) in [6, 6.07) is 6.89. The Balaban J connectivity index is 2.04. The first kappa shape index (κ1) is 15.2. The third-order valence-corrected chi connectivity index (χ3v) is 2.44. The summed E-state index contributed by atoms with van der Waals surface area (Å²) in [6.45, 7) is 2.46. The summed E-state index contributed by atoms with van der Waals surface area (Å²) in [5, 5.41) is 18.1. The number of ether oxygens (including phenoxy) is 1. The van der Waals surface area contributed by atoms with Crippen LogP contribution in [0.15, 0.2) is 40.8 Å². The Kier molecular flexibility index (Phi) is 4.86. The zero-order valence-corrected chi connectivity index (χ0v) is 11.6. The molecule has 114 valence electrons. The van der Waals surface area contributed by atoms with Crippen LogP contribution in [0.1, 0.15) is 6.92 Å². The molecule has 2 rings (SSSR count). The summed E-state index contributed by atoms with van der Waals surface area (Å²) in [6.07, 6.45) is 1.56. The molecule has 2 aromatic rings. The zero-order chi connectivity index (χ0) is 15.9. The van der Waals surface area contributed by atoms with E-state index in [0.29, 0.717) is 18.2 Å². The standard InChI is InChI=1S/C14H13N3O5/c1-2-21-10-5-3-9(4-6-10)13-16-17-14(22-13)15-11(18)7-8-12(19)20/h3-8H,2H2,1H3,(H,19,20)(H,15,17,18)/b8-7-. The van der Waals surface area contributed by atoms with Crippen LogP contribution >= 0.6 is 0 Å². The molecule has 2 N–H and O–H groups in total. The lowest BCUT2D eigenvalue weighted by atomic mass is 10.2. The van der Waals surface area contributed by atoms with E-state index >= 15 is 0 Å². The molecule has 0 fully saturated rings. The van der Waals surface area contributed by atoms with Gasteiger partial charge in [0.2, 0.25) is 5.89 Å². The van der Waals surface area contributed by atoms with Gasteiger partial charge in [-0.25, -0.2) is 4.79 Å². The van der Waals surface area contributed by atoms with Gasteiger partial charge in [-0.3, -0.25) is 10.1 Å². The summed E-state index contributed by atoms with van der Waals surface area (Å²) >= 11 is 0. The predicted molar refractivity (Wildman–Crippen MR) is 76.3 cm³/mol. The summed E-state index contributed by atoms with van der Waals surface area (Å²) in [5.41, 5.74) is 0.664. The van der Waals surface area contributed by atoms with Gasteiger partial charge in [0.25, 0.3) is 5.91 Å². The number of nitrogens with zero attached hydrogens (tertiary/aromatic N) is 2. The number of aromatic nitrogens is 2. The molecule has 0 atom stereocenters. The molecule has 8 nitrogen and oxygen atoms in total. The number of carbonyl (C=O) groups excluding carboxylic acids is 1. The predicted octanol–water partition coefficient (Wildman–Crippen LogP) is 1.71. The molecular weight excluding hydrogens is 290 g/mol. The van der Waals surface area contributed by atoms with Crippen LogP contribution in [0, 0.1) is 0 Å². The molecule has 0 saturated carbocycles. The van der Waals surface area contributed by atoms with Gasteiger partial charge in [0.1, 0.15) is 5.75 Å². The van der Waals surface area contributed by atoms with E-state index in [1.54, 1.807) is 24.3 Å². The molecule has 0 aliphatic heterocycles. The molecule has 8 heteroatoms. The number of amides is 1. The van der Waals surface area contributed by atoms with Crippen molar-refractivity contribution in [3.8, 4) is 17.2 Å². The fourth-order valence-electron chi connectivity index (χ4n) is 1.54. The van der Waals surface area contributed by atoms with Crippen molar-refractivity contribution < 1.29 is 23.8 Å². The highest BCUT2D eigenvalue weighted by atomic mass is 16.5. The molecule has 22 heavy (non-hydrogen) atoms. The van der Waals surface area contributed by atoms with E-state index in [0.717, 1.165) is 11.8 Å². The van der Waals surface area contributed by atoms with Crippen LogP contribution in [0.2, 0.25) is 0 Å². The summed E-state index contributed by atoms with van der Waals surface area (Å²) in [7, 11) is 0. The first-order valence-electron chi connectivity index (χ1n) is 6.37. The van der Waals surface area contributed by atoms with Gasteiger partial charge >= 0.3 is 12.0 Å². The SMILES string of the molecule is CCOc1ccc(-c2nnc(NC(=O)/C=C\C(=O)O)o2)cc1. The molecule has 1 heterocycles. The number of anilines is 1. The quantitative estimate of drug-likeness (QED) is 0.780. The maximum Gasteiger partial charge on any atom is 0.328 e. The summed E-state index contributed by atoms with van der Waals surface area (Å²) in [4.78, 5) is 21.7. The summed E-state index contributed by atoms with van der Waals surface area (Å²) in [5.74, 6) is -0.960. The Bertz CT molecular complexity index is 691. The Labute approximate surface area is 125 Å². The van der Waals surface area contributed by atoms with Gasteiger partial charge in [0.15, 0.2) is 0 Å². The smallest absolute Gasteiger partial charge is 0.328 e. The number of benzene rings is 1. The number of rotatable bonds is 6. The van der Waals surface area contributed by atoms with E-state index in [2.05, 4.69) is 15.5 Å². The van der Waals surface area contributed by atoms with Gasteiger partial charge in [-0.2, -0.15) is 0 Å². The van der Waals surface area contributed by atoms with Crippen molar-refractivity contribution >= 4 is 17.9 Å². The summed E-state index contributed by atoms with van der Waals surface area (Å²) < 4.78 is 10.6. The molecule has 1 aromatic heterocycles. The van der Waals surface area contributed by atoms with Gasteiger partial charge in [-0.05, 0) is 31.2 Å². The van der Waals surface area contributed by atoms with Crippen LogP contribution in [0.4, 0.5) is 6.01 Å². The number of nitrogens with one attached hydrogen (secondary N) is 1. The molecule has 1 amide bonds. The second-order valence-electron chi connectivity index (χ2n) is 4.03. The average molecular weight is 303 g/mol. The third-order valence-electron chi connectivity index (χ3n) is 2.44. The van der Waals surface area contributed by atoms with Crippen molar-refractivity contribution in [2.24, 2.45) is 0 Å². The van der Waals surface area contributed by atoms with Crippen LogP contribution in [0.3, 0.4) is 0 Å². The Morgan fingerprint density at radius 3 is 2.64 bits per heavy atom. The fourth-order valence-corrected chi connectivity index (χ4v) is 1.54. The van der Waals surface area contributed by atoms with Crippen LogP contribution in [0.25, 0.3) is 11.5 Å². The lowest BCUT2D eigenvalue weighted by molar-refractivity contribution is -0.131. The van der Waals surface area contributed by atoms with Crippen LogP contribution in [0.5, 0.6) is 5.75 Å². The molecule has 0 spiro atoms. The van der Waals surface area contributed by atoms with E-state index in [1.165, 1.54) is 0 Å². The monoisotopic (exact) mass is 303 g/mol. The van der Waals surface area contributed by atoms with Gasteiger partial charge in [0.05, 0.1) is 6.61 Å². The largest absolute Gasteiger partial charge is 0.494 e. The highest BCUT2D eigenvalue weighted by molar-refractivity contribution is 6.01. The number of carbonyl (C=O) groups is 2. The molecular formula is C14H13N3O5.